The molecule has 0 aliphatic rings. The summed E-state index contributed by atoms with van der Waals surface area (Å²) in [6, 6.07) is 5.71. The van der Waals surface area contributed by atoms with Gasteiger partial charge in [-0.3, -0.25) is 4.79 Å². The molecule has 1 atom stereocenters. The fourth-order valence-electron chi connectivity index (χ4n) is 2.39. The van der Waals surface area contributed by atoms with E-state index in [9.17, 15) is 4.79 Å². The predicted molar refractivity (Wildman–Crippen MR) is 95.2 cm³/mol. The highest BCUT2D eigenvalue weighted by Gasteiger charge is 2.32. The molecule has 0 aliphatic carbocycles. The molecule has 1 amide bonds. The van der Waals surface area contributed by atoms with Crippen molar-refractivity contribution in [3.05, 3.63) is 23.8 Å². The van der Waals surface area contributed by atoms with E-state index in [2.05, 4.69) is 19.2 Å². The quantitative estimate of drug-likeness (QED) is 0.635. The third-order valence-electron chi connectivity index (χ3n) is 4.08. The molecule has 0 saturated heterocycles. The molecule has 23 heavy (non-hydrogen) atoms. The molecule has 0 radical (unpaired) electrons. The smallest absolute Gasteiger partial charge is 0.256 e. The van der Waals surface area contributed by atoms with E-state index in [4.69, 9.17) is 9.47 Å². The number of rotatable bonds is 10. The van der Waals surface area contributed by atoms with E-state index < -0.39 is 5.60 Å². The number of carbonyl (C=O) groups excluding carboxylic acids is 1. The summed E-state index contributed by atoms with van der Waals surface area (Å²) in [5.74, 6) is 0.764. The van der Waals surface area contributed by atoms with E-state index in [1.54, 1.807) is 7.11 Å². The van der Waals surface area contributed by atoms with Crippen LogP contribution in [0.2, 0.25) is 0 Å². The van der Waals surface area contributed by atoms with Crippen LogP contribution in [-0.2, 0) is 9.53 Å². The summed E-state index contributed by atoms with van der Waals surface area (Å²) in [5.41, 5.74) is 0.997. The summed E-state index contributed by atoms with van der Waals surface area (Å²) >= 11 is 0. The average Bonchev–Trinajstić information content (AvgIpc) is 2.54. The van der Waals surface area contributed by atoms with E-state index in [-0.39, 0.29) is 5.91 Å². The van der Waals surface area contributed by atoms with E-state index in [1.165, 1.54) is 0 Å². The molecule has 0 spiro atoms. The van der Waals surface area contributed by atoms with Crippen molar-refractivity contribution in [2.24, 2.45) is 0 Å². The maximum Gasteiger partial charge on any atom is 0.256 e. The van der Waals surface area contributed by atoms with Gasteiger partial charge in [-0.25, -0.2) is 0 Å². The lowest BCUT2D eigenvalue weighted by molar-refractivity contribution is -0.136. The second-order valence-electron chi connectivity index (χ2n) is 6.17. The number of carbonyl (C=O) groups is 1. The summed E-state index contributed by atoms with van der Waals surface area (Å²) < 4.78 is 11.2. The number of unbranched alkanes of at least 4 members (excludes halogenated alkanes) is 2. The lowest BCUT2D eigenvalue weighted by Gasteiger charge is -2.27. The van der Waals surface area contributed by atoms with Crippen LogP contribution < -0.4 is 10.1 Å². The van der Waals surface area contributed by atoms with Gasteiger partial charge in [-0.2, -0.15) is 0 Å². The molecule has 0 bridgehead atoms. The molecule has 1 aromatic carbocycles. The van der Waals surface area contributed by atoms with Crippen molar-refractivity contribution in [2.75, 3.05) is 19.0 Å². The first-order valence-electron chi connectivity index (χ1n) is 8.57. The lowest BCUT2D eigenvalue weighted by atomic mass is 9.97. The summed E-state index contributed by atoms with van der Waals surface area (Å²) in [6.07, 6.45) is 4.91. The Balaban J connectivity index is 2.73. The molecule has 130 valence electrons. The molecule has 1 aromatic rings. The van der Waals surface area contributed by atoms with Crippen molar-refractivity contribution in [3.63, 3.8) is 0 Å². The number of amides is 1. The van der Waals surface area contributed by atoms with Gasteiger partial charge in [0.25, 0.3) is 5.91 Å². The number of hydrogen-bond donors (Lipinski definition) is 1. The fourth-order valence-corrected chi connectivity index (χ4v) is 2.39. The summed E-state index contributed by atoms with van der Waals surface area (Å²) in [7, 11) is 1.60. The highest BCUT2D eigenvalue weighted by Crippen LogP contribution is 2.25. The van der Waals surface area contributed by atoms with Crippen LogP contribution >= 0.6 is 0 Å². The maximum absolute atomic E-state index is 12.6. The molecule has 4 heteroatoms. The van der Waals surface area contributed by atoms with Gasteiger partial charge in [-0.05, 0) is 50.5 Å². The summed E-state index contributed by atoms with van der Waals surface area (Å²) in [5, 5.41) is 2.97. The molecular formula is C19H31NO3. The van der Waals surface area contributed by atoms with Gasteiger partial charge in [0.2, 0.25) is 0 Å². The largest absolute Gasteiger partial charge is 0.493 e. The van der Waals surface area contributed by atoms with E-state index in [0.717, 1.165) is 49.1 Å². The SMILES string of the molecule is CCCCC[C@](C)(OC)C(=O)Nc1ccc(OCCC)c(C)c1. The van der Waals surface area contributed by atoms with Crippen molar-refractivity contribution < 1.29 is 14.3 Å². The van der Waals surface area contributed by atoms with Crippen LogP contribution in [0, 0.1) is 6.92 Å². The minimum absolute atomic E-state index is 0.0993. The summed E-state index contributed by atoms with van der Waals surface area (Å²) in [4.78, 5) is 12.6. The Morgan fingerprint density at radius 3 is 2.52 bits per heavy atom. The van der Waals surface area contributed by atoms with Gasteiger partial charge in [0.15, 0.2) is 0 Å². The van der Waals surface area contributed by atoms with Crippen molar-refractivity contribution >= 4 is 11.6 Å². The normalized spacial score (nSPS) is 13.4. The van der Waals surface area contributed by atoms with Crippen molar-refractivity contribution in [3.8, 4) is 5.75 Å². The first-order chi connectivity index (χ1) is 11.0. The number of benzene rings is 1. The number of aryl methyl sites for hydroxylation is 1. The Labute approximate surface area is 140 Å². The zero-order valence-corrected chi connectivity index (χ0v) is 15.2. The number of hydrogen-bond acceptors (Lipinski definition) is 3. The van der Waals surface area contributed by atoms with E-state index in [1.807, 2.05) is 32.0 Å². The molecule has 0 aromatic heterocycles. The van der Waals surface area contributed by atoms with Crippen LogP contribution in [0.5, 0.6) is 5.75 Å². The number of nitrogens with one attached hydrogen (secondary N) is 1. The van der Waals surface area contributed by atoms with E-state index >= 15 is 0 Å². The average molecular weight is 321 g/mol. The maximum atomic E-state index is 12.6. The molecule has 0 aliphatic heterocycles. The van der Waals surface area contributed by atoms with Crippen LogP contribution in [0.1, 0.15) is 58.4 Å². The molecule has 0 fully saturated rings. The van der Waals surface area contributed by atoms with Crippen LogP contribution in [0.15, 0.2) is 18.2 Å². The zero-order chi connectivity index (χ0) is 17.3. The highest BCUT2D eigenvalue weighted by atomic mass is 16.5. The Kier molecular flexibility index (Phi) is 8.10. The van der Waals surface area contributed by atoms with Crippen LogP contribution in [0.3, 0.4) is 0 Å². The third-order valence-corrected chi connectivity index (χ3v) is 4.08. The minimum Gasteiger partial charge on any atom is -0.493 e. The molecule has 4 nitrogen and oxygen atoms in total. The Hall–Kier alpha value is -1.55. The molecule has 0 unspecified atom stereocenters. The van der Waals surface area contributed by atoms with Crippen LogP contribution in [0.4, 0.5) is 5.69 Å². The predicted octanol–water partition coefficient (Wildman–Crippen LogP) is 4.71. The Bertz CT molecular complexity index is 501. The minimum atomic E-state index is -0.791. The van der Waals surface area contributed by atoms with Gasteiger partial charge in [-0.1, -0.05) is 33.1 Å². The first kappa shape index (κ1) is 19.5. The molecular weight excluding hydrogens is 290 g/mol. The van der Waals surface area contributed by atoms with Gasteiger partial charge in [-0.15, -0.1) is 0 Å². The summed E-state index contributed by atoms with van der Waals surface area (Å²) in [6.45, 7) is 8.76. The molecule has 1 rings (SSSR count). The number of anilines is 1. The van der Waals surface area contributed by atoms with Gasteiger partial charge < -0.3 is 14.8 Å². The van der Waals surface area contributed by atoms with Gasteiger partial charge in [0.05, 0.1) is 6.61 Å². The zero-order valence-electron chi connectivity index (χ0n) is 15.2. The van der Waals surface area contributed by atoms with Gasteiger partial charge in [0, 0.05) is 12.8 Å². The second kappa shape index (κ2) is 9.56. The molecule has 0 saturated carbocycles. The highest BCUT2D eigenvalue weighted by molar-refractivity contribution is 5.97. The third kappa shape index (κ3) is 5.87. The van der Waals surface area contributed by atoms with E-state index in [0.29, 0.717) is 6.61 Å². The Morgan fingerprint density at radius 1 is 1.22 bits per heavy atom. The number of ether oxygens (including phenoxy) is 2. The van der Waals surface area contributed by atoms with Crippen LogP contribution in [-0.4, -0.2) is 25.2 Å². The topological polar surface area (TPSA) is 47.6 Å². The van der Waals surface area contributed by atoms with Crippen molar-refractivity contribution in [1.82, 2.24) is 0 Å². The standard InChI is InChI=1S/C19H31NO3/c1-6-8-9-12-19(4,22-5)18(21)20-16-10-11-17(15(3)14-16)23-13-7-2/h10-11,14H,6-9,12-13H2,1-5H3,(H,20,21)/t19-/m0/s1. The van der Waals surface area contributed by atoms with Crippen molar-refractivity contribution in [1.29, 1.82) is 0 Å². The van der Waals surface area contributed by atoms with Crippen molar-refractivity contribution in [2.45, 2.75) is 65.4 Å². The lowest BCUT2D eigenvalue weighted by Crippen LogP contribution is -2.41. The monoisotopic (exact) mass is 321 g/mol. The van der Waals surface area contributed by atoms with Crippen LogP contribution in [0.25, 0.3) is 0 Å². The second-order valence-corrected chi connectivity index (χ2v) is 6.17. The number of methoxy groups -OCH3 is 1. The fraction of sp³-hybridized carbons (Fsp3) is 0.632. The van der Waals surface area contributed by atoms with Gasteiger partial charge >= 0.3 is 0 Å². The Morgan fingerprint density at radius 2 is 1.96 bits per heavy atom. The first-order valence-corrected chi connectivity index (χ1v) is 8.57. The molecule has 0 heterocycles. The van der Waals surface area contributed by atoms with Gasteiger partial charge in [0.1, 0.15) is 11.4 Å². The molecule has 1 N–H and O–H groups in total.